The number of nitrogens with one attached hydrogen (secondary N) is 1. The summed E-state index contributed by atoms with van der Waals surface area (Å²) >= 11 is 0. The van der Waals surface area contributed by atoms with Gasteiger partial charge < -0.3 is 20.2 Å². The highest BCUT2D eigenvalue weighted by molar-refractivity contribution is 5.84. The number of nitrogens with zero attached hydrogens (tertiary/aromatic N) is 2. The van der Waals surface area contributed by atoms with Crippen LogP contribution in [0.2, 0.25) is 0 Å². The third-order valence-corrected chi connectivity index (χ3v) is 4.56. The van der Waals surface area contributed by atoms with Gasteiger partial charge in [0.05, 0.1) is 11.3 Å². The minimum absolute atomic E-state index is 0.0557. The SMILES string of the molecule is CNC(=O)C1(C)CCN(C(=O)N2CCCC(C(=O)O)C2)C1. The lowest BCUT2D eigenvalue weighted by atomic mass is 9.89. The van der Waals surface area contributed by atoms with Crippen molar-refractivity contribution in [3.8, 4) is 0 Å². The van der Waals surface area contributed by atoms with E-state index in [1.54, 1.807) is 16.8 Å². The smallest absolute Gasteiger partial charge is 0.320 e. The number of carboxylic acid groups (broad SMARTS) is 1. The first-order chi connectivity index (χ1) is 9.87. The van der Waals surface area contributed by atoms with Crippen LogP contribution in [0.4, 0.5) is 4.79 Å². The topological polar surface area (TPSA) is 90.0 Å². The van der Waals surface area contributed by atoms with Gasteiger partial charge in [0.25, 0.3) is 0 Å². The van der Waals surface area contributed by atoms with Crippen molar-refractivity contribution in [1.82, 2.24) is 15.1 Å². The van der Waals surface area contributed by atoms with Crippen LogP contribution < -0.4 is 5.32 Å². The molecule has 118 valence electrons. The van der Waals surface area contributed by atoms with Gasteiger partial charge in [-0.1, -0.05) is 0 Å². The molecule has 2 atom stereocenters. The number of amides is 3. The van der Waals surface area contributed by atoms with Gasteiger partial charge in [-0.15, -0.1) is 0 Å². The quantitative estimate of drug-likeness (QED) is 0.770. The Bertz CT molecular complexity index is 454. The van der Waals surface area contributed by atoms with Crippen LogP contribution >= 0.6 is 0 Å². The fraction of sp³-hybridized carbons (Fsp3) is 0.786. The van der Waals surface area contributed by atoms with E-state index in [0.29, 0.717) is 38.9 Å². The second-order valence-electron chi connectivity index (χ2n) is 6.22. The summed E-state index contributed by atoms with van der Waals surface area (Å²) in [6.07, 6.45) is 1.97. The van der Waals surface area contributed by atoms with Gasteiger partial charge in [0.1, 0.15) is 0 Å². The second-order valence-corrected chi connectivity index (χ2v) is 6.22. The monoisotopic (exact) mass is 297 g/mol. The molecule has 0 aromatic heterocycles. The van der Waals surface area contributed by atoms with Crippen LogP contribution in [0.3, 0.4) is 0 Å². The number of urea groups is 1. The molecule has 2 aliphatic rings. The van der Waals surface area contributed by atoms with Crippen LogP contribution in [0, 0.1) is 11.3 Å². The Balaban J connectivity index is 1.98. The summed E-state index contributed by atoms with van der Waals surface area (Å²) in [5.74, 6) is -1.38. The van der Waals surface area contributed by atoms with Crippen LogP contribution in [0.1, 0.15) is 26.2 Å². The van der Waals surface area contributed by atoms with Crippen molar-refractivity contribution in [2.24, 2.45) is 11.3 Å². The van der Waals surface area contributed by atoms with Crippen molar-refractivity contribution in [2.45, 2.75) is 26.2 Å². The number of piperidine rings is 1. The van der Waals surface area contributed by atoms with E-state index in [0.717, 1.165) is 0 Å². The van der Waals surface area contributed by atoms with Gasteiger partial charge in [-0.2, -0.15) is 0 Å². The van der Waals surface area contributed by atoms with Gasteiger partial charge in [-0.05, 0) is 26.2 Å². The predicted molar refractivity (Wildman–Crippen MR) is 75.7 cm³/mol. The maximum absolute atomic E-state index is 12.5. The molecule has 0 saturated carbocycles. The Morgan fingerprint density at radius 1 is 1.24 bits per heavy atom. The molecule has 21 heavy (non-hydrogen) atoms. The minimum Gasteiger partial charge on any atom is -0.481 e. The molecule has 2 saturated heterocycles. The Kier molecular flexibility index (Phi) is 4.39. The molecule has 0 aliphatic carbocycles. The van der Waals surface area contributed by atoms with E-state index < -0.39 is 17.3 Å². The van der Waals surface area contributed by atoms with Crippen molar-refractivity contribution in [2.75, 3.05) is 33.2 Å². The van der Waals surface area contributed by atoms with E-state index in [2.05, 4.69) is 5.32 Å². The first-order valence-electron chi connectivity index (χ1n) is 7.36. The number of hydrogen-bond acceptors (Lipinski definition) is 3. The molecule has 3 amide bonds. The van der Waals surface area contributed by atoms with E-state index in [9.17, 15) is 14.4 Å². The predicted octanol–water partition coefficient (Wildman–Crippen LogP) is 0.361. The van der Waals surface area contributed by atoms with Crippen LogP contribution in [0.25, 0.3) is 0 Å². The number of carbonyl (C=O) groups excluding carboxylic acids is 2. The van der Waals surface area contributed by atoms with Crippen molar-refractivity contribution >= 4 is 17.9 Å². The second kappa shape index (κ2) is 5.91. The van der Waals surface area contributed by atoms with Gasteiger partial charge in [-0.3, -0.25) is 9.59 Å². The van der Waals surface area contributed by atoms with E-state index >= 15 is 0 Å². The number of rotatable bonds is 2. The number of aliphatic carboxylic acids is 1. The van der Waals surface area contributed by atoms with Crippen molar-refractivity contribution in [1.29, 1.82) is 0 Å². The van der Waals surface area contributed by atoms with Gasteiger partial charge in [0, 0.05) is 33.2 Å². The zero-order valence-corrected chi connectivity index (χ0v) is 12.6. The minimum atomic E-state index is -0.843. The summed E-state index contributed by atoms with van der Waals surface area (Å²) in [7, 11) is 1.60. The molecular formula is C14H23N3O4. The molecule has 2 N–H and O–H groups in total. The van der Waals surface area contributed by atoms with E-state index in [1.807, 2.05) is 6.92 Å². The molecule has 0 radical (unpaired) electrons. The average molecular weight is 297 g/mol. The Morgan fingerprint density at radius 2 is 1.95 bits per heavy atom. The molecule has 2 aliphatic heterocycles. The number of likely N-dealkylation sites (tertiary alicyclic amines) is 2. The molecule has 0 bridgehead atoms. The van der Waals surface area contributed by atoms with Crippen LogP contribution in [0.15, 0.2) is 0 Å². The molecule has 0 aromatic carbocycles. The standard InChI is InChI=1S/C14H23N3O4/c1-14(12(20)15-2)5-7-17(9-14)13(21)16-6-3-4-10(8-16)11(18)19/h10H,3-9H2,1-2H3,(H,15,20)(H,18,19). The van der Waals surface area contributed by atoms with Crippen molar-refractivity contribution in [3.63, 3.8) is 0 Å². The number of hydrogen-bond donors (Lipinski definition) is 2. The zero-order valence-electron chi connectivity index (χ0n) is 12.6. The third kappa shape index (κ3) is 3.11. The maximum Gasteiger partial charge on any atom is 0.320 e. The fourth-order valence-electron chi connectivity index (χ4n) is 3.16. The molecule has 2 heterocycles. The number of carbonyl (C=O) groups is 3. The summed E-state index contributed by atoms with van der Waals surface area (Å²) in [4.78, 5) is 38.7. The van der Waals surface area contributed by atoms with Crippen LogP contribution in [-0.2, 0) is 9.59 Å². The number of carboxylic acids is 1. The largest absolute Gasteiger partial charge is 0.481 e. The van der Waals surface area contributed by atoms with Crippen molar-refractivity contribution in [3.05, 3.63) is 0 Å². The zero-order chi connectivity index (χ0) is 15.6. The fourth-order valence-corrected chi connectivity index (χ4v) is 3.16. The first kappa shape index (κ1) is 15.6. The highest BCUT2D eigenvalue weighted by atomic mass is 16.4. The lowest BCUT2D eigenvalue weighted by molar-refractivity contribution is -0.143. The van der Waals surface area contributed by atoms with E-state index in [4.69, 9.17) is 5.11 Å². The molecule has 0 aromatic rings. The summed E-state index contributed by atoms with van der Waals surface area (Å²) in [6, 6.07) is -0.145. The molecule has 2 fully saturated rings. The summed E-state index contributed by atoms with van der Waals surface area (Å²) in [5.41, 5.74) is -0.549. The van der Waals surface area contributed by atoms with Gasteiger partial charge in [-0.25, -0.2) is 4.79 Å². The van der Waals surface area contributed by atoms with Crippen LogP contribution in [-0.4, -0.2) is 66.0 Å². The van der Waals surface area contributed by atoms with Crippen molar-refractivity contribution < 1.29 is 19.5 Å². The molecule has 0 spiro atoms. The first-order valence-corrected chi connectivity index (χ1v) is 7.36. The van der Waals surface area contributed by atoms with Gasteiger partial charge >= 0.3 is 12.0 Å². The van der Waals surface area contributed by atoms with E-state index in [-0.39, 0.29) is 18.5 Å². The van der Waals surface area contributed by atoms with Gasteiger partial charge in [0.2, 0.25) is 5.91 Å². The average Bonchev–Trinajstić information content (AvgIpc) is 2.89. The molecule has 7 heteroatoms. The Labute approximate surface area is 124 Å². The lowest BCUT2D eigenvalue weighted by Crippen LogP contribution is -2.49. The normalized spacial score (nSPS) is 29.3. The summed E-state index contributed by atoms with van der Waals surface area (Å²) in [6.45, 7) is 3.64. The highest BCUT2D eigenvalue weighted by Crippen LogP contribution is 2.31. The molecule has 7 nitrogen and oxygen atoms in total. The Hall–Kier alpha value is -1.79. The molecule has 2 rings (SSSR count). The summed E-state index contributed by atoms with van der Waals surface area (Å²) < 4.78 is 0. The third-order valence-electron chi connectivity index (χ3n) is 4.56. The van der Waals surface area contributed by atoms with Gasteiger partial charge in [0.15, 0.2) is 0 Å². The molecular weight excluding hydrogens is 274 g/mol. The Morgan fingerprint density at radius 3 is 2.57 bits per heavy atom. The van der Waals surface area contributed by atoms with Crippen LogP contribution in [0.5, 0.6) is 0 Å². The highest BCUT2D eigenvalue weighted by Gasteiger charge is 2.43. The summed E-state index contributed by atoms with van der Waals surface area (Å²) in [5, 5.41) is 11.7. The maximum atomic E-state index is 12.5. The lowest BCUT2D eigenvalue weighted by Gasteiger charge is -2.34. The molecule has 2 unspecified atom stereocenters. The van der Waals surface area contributed by atoms with E-state index in [1.165, 1.54) is 0 Å².